The van der Waals surface area contributed by atoms with Crippen molar-refractivity contribution >= 4 is 17.6 Å². The molecule has 0 amide bonds. The maximum Gasteiger partial charge on any atom is 0.169 e. The molecule has 17 heavy (non-hydrogen) atoms. The molecule has 4 nitrogen and oxygen atoms in total. The van der Waals surface area contributed by atoms with E-state index < -0.39 is 0 Å². The van der Waals surface area contributed by atoms with Crippen LogP contribution in [-0.2, 0) is 0 Å². The summed E-state index contributed by atoms with van der Waals surface area (Å²) in [4.78, 5) is 2.11. The van der Waals surface area contributed by atoms with Crippen LogP contribution in [0.15, 0.2) is 0 Å². The smallest absolute Gasteiger partial charge is 0.169 e. The minimum absolute atomic E-state index is 0.475. The molecule has 0 aliphatic carbocycles. The van der Waals surface area contributed by atoms with E-state index in [1.165, 1.54) is 5.75 Å². The second-order valence-electron chi connectivity index (χ2n) is 4.35. The van der Waals surface area contributed by atoms with Gasteiger partial charge in [0.25, 0.3) is 0 Å². The van der Waals surface area contributed by atoms with E-state index in [-0.39, 0.29) is 0 Å². The number of thioether (sulfide) groups is 1. The van der Waals surface area contributed by atoms with Gasteiger partial charge in [0.2, 0.25) is 0 Å². The number of anilines is 1. The van der Waals surface area contributed by atoms with Crippen molar-refractivity contribution in [3.8, 4) is 6.07 Å². The minimum atomic E-state index is 0.475. The average molecular weight is 248 g/mol. The molecule has 0 N–H and O–H groups in total. The van der Waals surface area contributed by atoms with E-state index in [1.807, 2.05) is 32.7 Å². The molecule has 1 aromatic rings. The lowest BCUT2D eigenvalue weighted by Crippen LogP contribution is -2.33. The van der Waals surface area contributed by atoms with E-state index in [1.54, 1.807) is 0 Å². The molecule has 1 aliphatic heterocycles. The SMILES string of the molecule is Cc1nnc(N(C)C2CCSC2)c(C#N)c1C. The molecule has 1 unspecified atom stereocenters. The monoisotopic (exact) mass is 248 g/mol. The van der Waals surface area contributed by atoms with Gasteiger partial charge in [0.1, 0.15) is 11.6 Å². The van der Waals surface area contributed by atoms with Crippen LogP contribution in [-0.4, -0.2) is 34.8 Å². The molecular weight excluding hydrogens is 232 g/mol. The third-order valence-electron chi connectivity index (χ3n) is 3.34. The van der Waals surface area contributed by atoms with Crippen LogP contribution in [0.5, 0.6) is 0 Å². The highest BCUT2D eigenvalue weighted by Gasteiger charge is 2.24. The zero-order valence-corrected chi connectivity index (χ0v) is 11.2. The molecule has 1 aromatic heterocycles. The van der Waals surface area contributed by atoms with Crippen LogP contribution in [0.3, 0.4) is 0 Å². The molecule has 1 aliphatic rings. The van der Waals surface area contributed by atoms with E-state index in [4.69, 9.17) is 0 Å². The lowest BCUT2D eigenvalue weighted by molar-refractivity contribution is 0.683. The molecule has 0 bridgehead atoms. The van der Waals surface area contributed by atoms with E-state index in [0.29, 0.717) is 11.6 Å². The molecule has 2 rings (SSSR count). The van der Waals surface area contributed by atoms with Crippen molar-refractivity contribution in [1.29, 1.82) is 5.26 Å². The lowest BCUT2D eigenvalue weighted by atomic mass is 10.1. The van der Waals surface area contributed by atoms with Gasteiger partial charge in [0.15, 0.2) is 5.82 Å². The van der Waals surface area contributed by atoms with Gasteiger partial charge < -0.3 is 4.90 Å². The van der Waals surface area contributed by atoms with Crippen LogP contribution >= 0.6 is 11.8 Å². The van der Waals surface area contributed by atoms with E-state index >= 15 is 0 Å². The Labute approximate surface area is 106 Å². The van der Waals surface area contributed by atoms with Crippen LogP contribution in [0, 0.1) is 25.2 Å². The van der Waals surface area contributed by atoms with Gasteiger partial charge in [0, 0.05) is 18.8 Å². The number of hydrogen-bond donors (Lipinski definition) is 0. The summed E-state index contributed by atoms with van der Waals surface area (Å²) in [6, 6.07) is 2.73. The summed E-state index contributed by atoms with van der Waals surface area (Å²) in [7, 11) is 2.01. The van der Waals surface area contributed by atoms with Crippen molar-refractivity contribution in [1.82, 2.24) is 10.2 Å². The minimum Gasteiger partial charge on any atom is -0.353 e. The molecular formula is C12H16N4S. The van der Waals surface area contributed by atoms with Crippen molar-refractivity contribution < 1.29 is 0 Å². The van der Waals surface area contributed by atoms with E-state index in [9.17, 15) is 5.26 Å². The second kappa shape index (κ2) is 4.92. The maximum atomic E-state index is 9.27. The Morgan fingerprint density at radius 2 is 2.18 bits per heavy atom. The van der Waals surface area contributed by atoms with Crippen LogP contribution in [0.2, 0.25) is 0 Å². The van der Waals surface area contributed by atoms with Gasteiger partial charge in [-0.1, -0.05) is 0 Å². The molecule has 2 heterocycles. The number of nitriles is 1. The Morgan fingerprint density at radius 1 is 1.41 bits per heavy atom. The maximum absolute atomic E-state index is 9.27. The highest BCUT2D eigenvalue weighted by molar-refractivity contribution is 7.99. The van der Waals surface area contributed by atoms with Crippen molar-refractivity contribution in [2.75, 3.05) is 23.5 Å². The van der Waals surface area contributed by atoms with Gasteiger partial charge >= 0.3 is 0 Å². The van der Waals surface area contributed by atoms with Gasteiger partial charge in [-0.05, 0) is 31.6 Å². The number of nitrogens with zero attached hydrogens (tertiary/aromatic N) is 4. The second-order valence-corrected chi connectivity index (χ2v) is 5.50. The first kappa shape index (κ1) is 12.2. The fourth-order valence-electron chi connectivity index (χ4n) is 1.98. The molecule has 0 radical (unpaired) electrons. The summed E-state index contributed by atoms with van der Waals surface area (Å²) >= 11 is 1.95. The Balaban J connectivity index is 2.38. The van der Waals surface area contributed by atoms with Gasteiger partial charge in [-0.15, -0.1) is 5.10 Å². The molecule has 5 heteroatoms. The van der Waals surface area contributed by atoms with Crippen molar-refractivity contribution in [3.05, 3.63) is 16.8 Å². The Hall–Kier alpha value is -1.28. The third kappa shape index (κ3) is 2.22. The first-order valence-corrected chi connectivity index (χ1v) is 6.85. The number of aryl methyl sites for hydroxylation is 1. The summed E-state index contributed by atoms with van der Waals surface area (Å²) in [5.74, 6) is 3.02. The fraction of sp³-hybridized carbons (Fsp3) is 0.583. The van der Waals surface area contributed by atoms with Crippen LogP contribution in [0.1, 0.15) is 23.2 Å². The third-order valence-corrected chi connectivity index (χ3v) is 4.48. The first-order valence-electron chi connectivity index (χ1n) is 5.69. The predicted molar refractivity (Wildman–Crippen MR) is 70.4 cm³/mol. The standard InChI is InChI=1S/C12H16N4S/c1-8-9(2)14-15-12(11(8)6-13)16(3)10-4-5-17-7-10/h10H,4-5,7H2,1-3H3. The normalized spacial score (nSPS) is 19.1. The molecule has 90 valence electrons. The predicted octanol–water partition coefficient (Wildman–Crippen LogP) is 1.91. The van der Waals surface area contributed by atoms with Gasteiger partial charge in [-0.2, -0.15) is 22.1 Å². The Morgan fingerprint density at radius 3 is 2.76 bits per heavy atom. The van der Waals surface area contributed by atoms with Gasteiger partial charge in [-0.3, -0.25) is 0 Å². The van der Waals surface area contributed by atoms with Crippen LogP contribution in [0.4, 0.5) is 5.82 Å². The summed E-state index contributed by atoms with van der Waals surface area (Å²) in [6.45, 7) is 3.82. The summed E-state index contributed by atoms with van der Waals surface area (Å²) in [5.41, 5.74) is 2.44. The van der Waals surface area contributed by atoms with Crippen molar-refractivity contribution in [3.63, 3.8) is 0 Å². The molecule has 0 saturated carbocycles. The highest BCUT2D eigenvalue weighted by atomic mass is 32.2. The molecule has 1 atom stereocenters. The lowest BCUT2D eigenvalue weighted by Gasteiger charge is -2.25. The molecule has 1 saturated heterocycles. The number of hydrogen-bond acceptors (Lipinski definition) is 5. The average Bonchev–Trinajstić information content (AvgIpc) is 2.85. The van der Waals surface area contributed by atoms with Crippen molar-refractivity contribution in [2.45, 2.75) is 26.3 Å². The Bertz CT molecular complexity index is 460. The summed E-state index contributed by atoms with van der Waals surface area (Å²) in [5, 5.41) is 17.6. The van der Waals surface area contributed by atoms with E-state index in [0.717, 1.165) is 29.2 Å². The molecule has 0 spiro atoms. The fourth-order valence-corrected chi connectivity index (χ4v) is 3.24. The largest absolute Gasteiger partial charge is 0.353 e. The number of rotatable bonds is 2. The quantitative estimate of drug-likeness (QED) is 0.800. The van der Waals surface area contributed by atoms with Crippen LogP contribution < -0.4 is 4.90 Å². The summed E-state index contributed by atoms with van der Waals surface area (Å²) in [6.07, 6.45) is 1.15. The van der Waals surface area contributed by atoms with Gasteiger partial charge in [-0.25, -0.2) is 0 Å². The van der Waals surface area contributed by atoms with Gasteiger partial charge in [0.05, 0.1) is 5.69 Å². The molecule has 0 aromatic carbocycles. The van der Waals surface area contributed by atoms with E-state index in [2.05, 4.69) is 21.2 Å². The topological polar surface area (TPSA) is 52.8 Å². The first-order chi connectivity index (χ1) is 8.15. The van der Waals surface area contributed by atoms with Crippen molar-refractivity contribution in [2.24, 2.45) is 0 Å². The molecule has 1 fully saturated rings. The zero-order valence-electron chi connectivity index (χ0n) is 10.4. The summed E-state index contributed by atoms with van der Waals surface area (Å²) < 4.78 is 0. The number of aromatic nitrogens is 2. The highest BCUT2D eigenvalue weighted by Crippen LogP contribution is 2.27. The zero-order chi connectivity index (χ0) is 12.4. The Kier molecular flexibility index (Phi) is 3.53. The van der Waals surface area contributed by atoms with Crippen LogP contribution in [0.25, 0.3) is 0 Å².